The zero-order valence-corrected chi connectivity index (χ0v) is 48.6. The molecule has 74 heavy (non-hydrogen) atoms. The first-order valence-corrected chi connectivity index (χ1v) is 31.2. The van der Waals surface area contributed by atoms with Crippen LogP contribution in [0.25, 0.3) is 0 Å². The smallest absolute Gasteiger partial charge is 0.306 e. The molecule has 0 heterocycles. The molecule has 0 aliphatic carbocycles. The molecule has 1 atom stereocenters. The monoisotopic (exact) mass is 1030 g/mol. The van der Waals surface area contributed by atoms with E-state index in [9.17, 15) is 14.4 Å². The van der Waals surface area contributed by atoms with Gasteiger partial charge in [-0.25, -0.2) is 0 Å². The van der Waals surface area contributed by atoms with Crippen LogP contribution in [0.4, 0.5) is 0 Å². The highest BCUT2D eigenvalue weighted by Gasteiger charge is 2.19. The normalized spacial score (nSPS) is 12.7. The Morgan fingerprint density at radius 3 is 0.946 bits per heavy atom. The predicted molar refractivity (Wildman–Crippen MR) is 320 cm³/mol. The second-order valence-corrected chi connectivity index (χ2v) is 20.6. The van der Waals surface area contributed by atoms with Crippen molar-refractivity contribution in [3.8, 4) is 0 Å². The zero-order valence-electron chi connectivity index (χ0n) is 48.6. The molecule has 0 aliphatic heterocycles. The summed E-state index contributed by atoms with van der Waals surface area (Å²) in [6, 6.07) is 0. The Hall–Kier alpha value is -3.67. The van der Waals surface area contributed by atoms with Crippen LogP contribution in [0.2, 0.25) is 0 Å². The molecule has 0 bridgehead atoms. The average molecular weight is 1030 g/mol. The maximum atomic E-state index is 12.8. The molecule has 0 aromatic heterocycles. The Labute approximate surface area is 457 Å². The number of allylic oxidation sites excluding steroid dienone is 16. The van der Waals surface area contributed by atoms with Crippen LogP contribution < -0.4 is 0 Å². The van der Waals surface area contributed by atoms with Gasteiger partial charge in [-0.2, -0.15) is 0 Å². The number of carbonyl (C=O) groups excluding carboxylic acids is 3. The van der Waals surface area contributed by atoms with Gasteiger partial charge in [0.15, 0.2) is 6.10 Å². The van der Waals surface area contributed by atoms with Crippen LogP contribution in [0.15, 0.2) is 97.2 Å². The van der Waals surface area contributed by atoms with Gasteiger partial charge < -0.3 is 14.2 Å². The molecule has 0 aromatic rings. The van der Waals surface area contributed by atoms with E-state index in [1.807, 2.05) is 12.2 Å². The third-order valence-corrected chi connectivity index (χ3v) is 13.3. The van der Waals surface area contributed by atoms with Crippen molar-refractivity contribution in [2.24, 2.45) is 0 Å². The third kappa shape index (κ3) is 59.2. The lowest BCUT2D eigenvalue weighted by atomic mass is 10.0. The first-order valence-electron chi connectivity index (χ1n) is 31.2. The Bertz CT molecular complexity index is 1460. The van der Waals surface area contributed by atoms with Gasteiger partial charge in [-0.05, 0) is 103 Å². The van der Waals surface area contributed by atoms with E-state index in [0.29, 0.717) is 19.3 Å². The van der Waals surface area contributed by atoms with Crippen molar-refractivity contribution >= 4 is 17.9 Å². The maximum absolute atomic E-state index is 12.8. The number of unbranched alkanes of at least 4 members (excludes halogenated alkanes) is 29. The first-order chi connectivity index (χ1) is 36.5. The van der Waals surface area contributed by atoms with E-state index in [-0.39, 0.29) is 31.6 Å². The predicted octanol–water partition coefficient (Wildman–Crippen LogP) is 21.3. The van der Waals surface area contributed by atoms with Gasteiger partial charge in [0.05, 0.1) is 0 Å². The van der Waals surface area contributed by atoms with Crippen molar-refractivity contribution in [3.05, 3.63) is 97.2 Å². The summed E-state index contributed by atoms with van der Waals surface area (Å²) in [5, 5.41) is 0. The van der Waals surface area contributed by atoms with Gasteiger partial charge in [0, 0.05) is 19.3 Å². The van der Waals surface area contributed by atoms with Crippen molar-refractivity contribution in [2.75, 3.05) is 13.2 Å². The van der Waals surface area contributed by atoms with Gasteiger partial charge >= 0.3 is 17.9 Å². The summed E-state index contributed by atoms with van der Waals surface area (Å²) in [5.74, 6) is -0.997. The highest BCUT2D eigenvalue weighted by molar-refractivity contribution is 5.71. The van der Waals surface area contributed by atoms with Gasteiger partial charge in [-0.1, -0.05) is 272 Å². The number of rotatable bonds is 56. The number of hydrogen-bond acceptors (Lipinski definition) is 6. The molecule has 6 nitrogen and oxygen atoms in total. The van der Waals surface area contributed by atoms with Crippen LogP contribution in [0.5, 0.6) is 0 Å². The number of esters is 3. The summed E-state index contributed by atoms with van der Waals surface area (Å²) < 4.78 is 16.7. The fourth-order valence-corrected chi connectivity index (χ4v) is 8.64. The van der Waals surface area contributed by atoms with E-state index in [4.69, 9.17) is 14.2 Å². The minimum atomic E-state index is -0.817. The van der Waals surface area contributed by atoms with Gasteiger partial charge in [0.25, 0.3) is 0 Å². The molecule has 0 amide bonds. The standard InChI is InChI=1S/C68H116O6/c1-4-7-10-13-16-19-22-24-25-26-27-28-29-30-31-32-33-34-35-36-37-38-39-40-41-42-43-45-46-49-52-55-58-61-67(70)73-64-65(63-72-66(69)60-57-54-51-48-21-18-15-12-9-6-3)74-68(71)62-59-56-53-50-47-44-23-20-17-14-11-8-5-2/h8,11-12,15,17,20,22,24,26-27,29-30,44,47,53,56,65H,4-7,9-10,13-14,16,18-19,21,23,25,28,31-43,45-46,48-52,54-55,57-64H2,1-3H3/b11-8-,15-12-,20-17-,24-22-,27-26-,30-29-,47-44-,56-53-. The number of carbonyl (C=O) groups is 3. The molecule has 1 unspecified atom stereocenters. The minimum absolute atomic E-state index is 0.107. The molecule has 0 fully saturated rings. The first kappa shape index (κ1) is 70.3. The van der Waals surface area contributed by atoms with Crippen molar-refractivity contribution in [1.29, 1.82) is 0 Å². The Morgan fingerprint density at radius 2 is 0.581 bits per heavy atom. The van der Waals surface area contributed by atoms with Crippen LogP contribution in [0.3, 0.4) is 0 Å². The van der Waals surface area contributed by atoms with Crippen molar-refractivity contribution in [3.63, 3.8) is 0 Å². The molecule has 0 saturated heterocycles. The summed E-state index contributed by atoms with van der Waals surface area (Å²) in [6.07, 6.45) is 83.2. The summed E-state index contributed by atoms with van der Waals surface area (Å²) in [7, 11) is 0. The number of hydrogen-bond donors (Lipinski definition) is 0. The van der Waals surface area contributed by atoms with E-state index < -0.39 is 12.1 Å². The van der Waals surface area contributed by atoms with Gasteiger partial charge in [-0.15, -0.1) is 0 Å². The lowest BCUT2D eigenvalue weighted by Crippen LogP contribution is -2.30. The van der Waals surface area contributed by atoms with Crippen molar-refractivity contribution in [2.45, 2.75) is 303 Å². The van der Waals surface area contributed by atoms with Crippen LogP contribution in [-0.2, 0) is 28.6 Å². The SMILES string of the molecule is CC/C=C\C/C=C\C/C=C\C/C=C\CCC(=O)OC(COC(=O)CCCCCCC/C=C\CCC)COC(=O)CCCCCCCCCCCCCCCCCCCC/C=C\C/C=C\C/C=C\CCCCCCC. The van der Waals surface area contributed by atoms with Crippen LogP contribution in [0, 0.1) is 0 Å². The summed E-state index contributed by atoms with van der Waals surface area (Å²) >= 11 is 0. The number of ether oxygens (including phenoxy) is 3. The largest absolute Gasteiger partial charge is 0.462 e. The highest BCUT2D eigenvalue weighted by Crippen LogP contribution is 2.16. The summed E-state index contributed by atoms with van der Waals surface area (Å²) in [4.78, 5) is 38.0. The highest BCUT2D eigenvalue weighted by atomic mass is 16.6. The topological polar surface area (TPSA) is 78.9 Å². The fraction of sp³-hybridized carbons (Fsp3) is 0.721. The lowest BCUT2D eigenvalue weighted by molar-refractivity contribution is -0.166. The summed E-state index contributed by atoms with van der Waals surface area (Å²) in [5.41, 5.74) is 0. The third-order valence-electron chi connectivity index (χ3n) is 13.3. The molecule has 0 radical (unpaired) electrons. The Morgan fingerprint density at radius 1 is 0.284 bits per heavy atom. The van der Waals surface area contributed by atoms with E-state index in [2.05, 4.69) is 106 Å². The molecule has 0 aliphatic rings. The molecule has 424 valence electrons. The molecule has 0 saturated carbocycles. The molecule has 6 heteroatoms. The van der Waals surface area contributed by atoms with E-state index in [1.54, 1.807) is 0 Å². The molecule has 0 rings (SSSR count). The molecule has 0 spiro atoms. The second-order valence-electron chi connectivity index (χ2n) is 20.6. The van der Waals surface area contributed by atoms with E-state index >= 15 is 0 Å². The second kappa shape index (κ2) is 61.9. The molecular formula is C68H116O6. The average Bonchev–Trinajstić information content (AvgIpc) is 3.40. The van der Waals surface area contributed by atoms with E-state index in [0.717, 1.165) is 96.3 Å². The fourth-order valence-electron chi connectivity index (χ4n) is 8.64. The Kier molecular flexibility index (Phi) is 58.8. The quantitative estimate of drug-likeness (QED) is 0.0261. The van der Waals surface area contributed by atoms with Gasteiger partial charge in [0.1, 0.15) is 13.2 Å². The van der Waals surface area contributed by atoms with Gasteiger partial charge in [-0.3, -0.25) is 14.4 Å². The van der Waals surface area contributed by atoms with E-state index in [1.165, 1.54) is 154 Å². The Balaban J connectivity index is 4.09. The minimum Gasteiger partial charge on any atom is -0.462 e. The lowest BCUT2D eigenvalue weighted by Gasteiger charge is -2.18. The maximum Gasteiger partial charge on any atom is 0.306 e. The molecule has 0 aromatic carbocycles. The van der Waals surface area contributed by atoms with Gasteiger partial charge in [0.2, 0.25) is 0 Å². The van der Waals surface area contributed by atoms with Crippen LogP contribution in [-0.4, -0.2) is 37.2 Å². The van der Waals surface area contributed by atoms with Crippen molar-refractivity contribution < 1.29 is 28.6 Å². The zero-order chi connectivity index (χ0) is 53.6. The molecule has 0 N–H and O–H groups in total. The van der Waals surface area contributed by atoms with Crippen LogP contribution in [0.1, 0.15) is 297 Å². The van der Waals surface area contributed by atoms with Crippen LogP contribution >= 0.6 is 0 Å². The van der Waals surface area contributed by atoms with Crippen molar-refractivity contribution in [1.82, 2.24) is 0 Å². The molecular weight excluding hydrogens is 913 g/mol. The summed E-state index contributed by atoms with van der Waals surface area (Å²) in [6.45, 7) is 6.39.